The van der Waals surface area contributed by atoms with Crippen LogP contribution in [-0.4, -0.2) is 50.5 Å². The second kappa shape index (κ2) is 11.1. The number of nitrogens with one attached hydrogen (secondary N) is 1. The van der Waals surface area contributed by atoms with Crippen LogP contribution in [0.25, 0.3) is 0 Å². The van der Waals surface area contributed by atoms with Gasteiger partial charge in [0.25, 0.3) is 0 Å². The minimum absolute atomic E-state index is 0.0415. The highest BCUT2D eigenvalue weighted by Gasteiger charge is 2.30. The normalized spacial score (nSPS) is 12.2. The largest absolute Gasteiger partial charge is 0.354 e. The van der Waals surface area contributed by atoms with Gasteiger partial charge in [-0.05, 0) is 49.6 Å². The van der Waals surface area contributed by atoms with Gasteiger partial charge in [-0.2, -0.15) is 0 Å². The van der Waals surface area contributed by atoms with Gasteiger partial charge in [-0.25, -0.2) is 12.8 Å². The molecule has 2 aromatic carbocycles. The zero-order valence-corrected chi connectivity index (χ0v) is 19.7. The molecule has 0 saturated carbocycles. The van der Waals surface area contributed by atoms with Gasteiger partial charge in [0, 0.05) is 13.1 Å². The number of halogens is 1. The maximum Gasteiger partial charge on any atom is 0.244 e. The van der Waals surface area contributed by atoms with Crippen molar-refractivity contribution in [3.63, 3.8) is 0 Å². The summed E-state index contributed by atoms with van der Waals surface area (Å²) >= 11 is 0. The molecular formula is C23H30FN3O4S. The lowest BCUT2D eigenvalue weighted by molar-refractivity contribution is -0.139. The third-order valence-electron chi connectivity index (χ3n) is 5.09. The molecule has 0 heterocycles. The van der Waals surface area contributed by atoms with Crippen molar-refractivity contribution >= 4 is 27.5 Å². The van der Waals surface area contributed by atoms with E-state index < -0.39 is 34.3 Å². The molecule has 2 aromatic rings. The molecule has 0 aliphatic carbocycles. The first kappa shape index (κ1) is 25.3. The fraction of sp³-hybridized carbons (Fsp3) is 0.391. The Morgan fingerprint density at radius 2 is 1.81 bits per heavy atom. The monoisotopic (exact) mass is 463 g/mol. The van der Waals surface area contributed by atoms with Crippen molar-refractivity contribution in [2.24, 2.45) is 0 Å². The number of anilines is 1. The zero-order valence-electron chi connectivity index (χ0n) is 18.8. The number of rotatable bonds is 10. The fourth-order valence-electron chi connectivity index (χ4n) is 3.19. The van der Waals surface area contributed by atoms with Gasteiger partial charge in [0.2, 0.25) is 21.8 Å². The third kappa shape index (κ3) is 6.78. The van der Waals surface area contributed by atoms with Gasteiger partial charge >= 0.3 is 0 Å². The van der Waals surface area contributed by atoms with Gasteiger partial charge in [-0.15, -0.1) is 0 Å². The van der Waals surface area contributed by atoms with E-state index in [1.165, 1.54) is 23.1 Å². The number of hydrogen-bond donors (Lipinski definition) is 1. The number of sulfonamides is 1. The highest BCUT2D eigenvalue weighted by atomic mass is 32.2. The van der Waals surface area contributed by atoms with E-state index in [1.54, 1.807) is 6.92 Å². The predicted molar refractivity (Wildman–Crippen MR) is 123 cm³/mol. The average molecular weight is 464 g/mol. The summed E-state index contributed by atoms with van der Waals surface area (Å²) < 4.78 is 39.4. The van der Waals surface area contributed by atoms with Crippen LogP contribution in [0.3, 0.4) is 0 Å². The summed E-state index contributed by atoms with van der Waals surface area (Å²) in [5.74, 6) is -1.51. The van der Waals surface area contributed by atoms with Crippen molar-refractivity contribution in [2.45, 2.75) is 39.8 Å². The Morgan fingerprint density at radius 3 is 2.41 bits per heavy atom. The van der Waals surface area contributed by atoms with Crippen LogP contribution in [0.5, 0.6) is 0 Å². The van der Waals surface area contributed by atoms with Crippen LogP contribution in [0.4, 0.5) is 10.1 Å². The second-order valence-electron chi connectivity index (χ2n) is 7.66. The number of aryl methyl sites for hydroxylation is 1. The van der Waals surface area contributed by atoms with Crippen LogP contribution >= 0.6 is 0 Å². The summed E-state index contributed by atoms with van der Waals surface area (Å²) in [5.41, 5.74) is 1.82. The van der Waals surface area contributed by atoms with Crippen molar-refractivity contribution in [1.82, 2.24) is 10.2 Å². The highest BCUT2D eigenvalue weighted by molar-refractivity contribution is 7.92. The van der Waals surface area contributed by atoms with Gasteiger partial charge in [0.05, 0.1) is 11.9 Å². The van der Waals surface area contributed by atoms with E-state index in [1.807, 2.05) is 38.1 Å². The molecule has 0 fully saturated rings. The lowest BCUT2D eigenvalue weighted by atomic mass is 10.1. The summed E-state index contributed by atoms with van der Waals surface area (Å²) in [5, 5.41) is 2.78. The van der Waals surface area contributed by atoms with Gasteiger partial charge in [-0.3, -0.25) is 13.9 Å². The predicted octanol–water partition coefficient (Wildman–Crippen LogP) is 2.84. The Hall–Kier alpha value is -2.94. The number of carbonyl (C=O) groups excluding carboxylic acids is 2. The molecule has 0 radical (unpaired) electrons. The first-order valence-corrected chi connectivity index (χ1v) is 12.2. The number of amides is 2. The molecule has 2 amide bonds. The topological polar surface area (TPSA) is 86.8 Å². The first-order chi connectivity index (χ1) is 15.0. The third-order valence-corrected chi connectivity index (χ3v) is 6.23. The van der Waals surface area contributed by atoms with E-state index in [0.717, 1.165) is 34.2 Å². The summed E-state index contributed by atoms with van der Waals surface area (Å²) in [6.07, 6.45) is 1.69. The molecule has 0 aliphatic heterocycles. The molecule has 0 saturated heterocycles. The van der Waals surface area contributed by atoms with Gasteiger partial charge in [-0.1, -0.05) is 37.3 Å². The number of benzene rings is 2. The fourth-order valence-corrected chi connectivity index (χ4v) is 4.04. The maximum absolute atomic E-state index is 13.7. The molecular weight excluding hydrogens is 433 g/mol. The van der Waals surface area contributed by atoms with E-state index in [-0.39, 0.29) is 18.1 Å². The quantitative estimate of drug-likeness (QED) is 0.587. The number of hydrogen-bond acceptors (Lipinski definition) is 4. The van der Waals surface area contributed by atoms with Crippen molar-refractivity contribution in [1.29, 1.82) is 0 Å². The highest BCUT2D eigenvalue weighted by Crippen LogP contribution is 2.20. The summed E-state index contributed by atoms with van der Waals surface area (Å²) in [6, 6.07) is 11.7. The molecule has 1 N–H and O–H groups in total. The molecule has 0 aliphatic rings. The Morgan fingerprint density at radius 1 is 1.12 bits per heavy atom. The average Bonchev–Trinajstić information content (AvgIpc) is 2.73. The lowest BCUT2D eigenvalue weighted by Gasteiger charge is -2.31. The van der Waals surface area contributed by atoms with E-state index in [9.17, 15) is 22.4 Å². The van der Waals surface area contributed by atoms with Gasteiger partial charge < -0.3 is 10.2 Å². The van der Waals surface area contributed by atoms with Crippen molar-refractivity contribution < 1.29 is 22.4 Å². The van der Waals surface area contributed by atoms with E-state index in [0.29, 0.717) is 6.54 Å². The van der Waals surface area contributed by atoms with Crippen LogP contribution in [0.1, 0.15) is 31.4 Å². The summed E-state index contributed by atoms with van der Waals surface area (Å²) in [4.78, 5) is 27.3. The molecule has 0 aromatic heterocycles. The number of nitrogens with zero attached hydrogens (tertiary/aromatic N) is 2. The van der Waals surface area contributed by atoms with Gasteiger partial charge in [0.1, 0.15) is 18.4 Å². The molecule has 0 bridgehead atoms. The van der Waals surface area contributed by atoms with Crippen LogP contribution in [-0.2, 0) is 26.2 Å². The lowest BCUT2D eigenvalue weighted by Crippen LogP contribution is -2.51. The van der Waals surface area contributed by atoms with Crippen molar-refractivity contribution in [2.75, 3.05) is 23.7 Å². The standard InChI is InChI=1S/C23H30FN3O4S/c1-5-13-25-23(29)18(3)26(15-19-10-7-6-9-17(19)2)22(28)16-27(32(4,30)31)21-12-8-11-20(24)14-21/h6-12,14,18H,5,13,15-16H2,1-4H3,(H,25,29). The summed E-state index contributed by atoms with van der Waals surface area (Å²) in [7, 11) is -3.89. The Balaban J connectivity index is 2.38. The second-order valence-corrected chi connectivity index (χ2v) is 9.57. The molecule has 0 spiro atoms. The molecule has 1 unspecified atom stereocenters. The molecule has 2 rings (SSSR count). The molecule has 9 heteroatoms. The van der Waals surface area contributed by atoms with E-state index in [4.69, 9.17) is 0 Å². The van der Waals surface area contributed by atoms with Crippen LogP contribution in [0.2, 0.25) is 0 Å². The molecule has 7 nitrogen and oxygen atoms in total. The van der Waals surface area contributed by atoms with Crippen molar-refractivity contribution in [3.8, 4) is 0 Å². The minimum atomic E-state index is -3.89. The van der Waals surface area contributed by atoms with Crippen LogP contribution < -0.4 is 9.62 Å². The SMILES string of the molecule is CCCNC(=O)C(C)N(Cc1ccccc1C)C(=O)CN(c1cccc(F)c1)S(C)(=O)=O. The zero-order chi connectivity index (χ0) is 23.9. The molecule has 32 heavy (non-hydrogen) atoms. The van der Waals surface area contributed by atoms with E-state index >= 15 is 0 Å². The Kier molecular flexibility index (Phi) is 8.77. The van der Waals surface area contributed by atoms with Crippen molar-refractivity contribution in [3.05, 3.63) is 65.5 Å². The maximum atomic E-state index is 13.7. The minimum Gasteiger partial charge on any atom is -0.354 e. The van der Waals surface area contributed by atoms with Crippen LogP contribution in [0.15, 0.2) is 48.5 Å². The molecule has 1 atom stereocenters. The van der Waals surface area contributed by atoms with E-state index in [2.05, 4.69) is 5.32 Å². The number of carbonyl (C=O) groups is 2. The Labute approximate surface area is 189 Å². The summed E-state index contributed by atoms with van der Waals surface area (Å²) in [6.45, 7) is 5.47. The smallest absolute Gasteiger partial charge is 0.244 e. The molecule has 174 valence electrons. The first-order valence-electron chi connectivity index (χ1n) is 10.4. The van der Waals surface area contributed by atoms with Crippen LogP contribution in [0, 0.1) is 12.7 Å². The Bertz CT molecular complexity index is 1060. The van der Waals surface area contributed by atoms with Gasteiger partial charge in [0.15, 0.2) is 0 Å².